The summed E-state index contributed by atoms with van der Waals surface area (Å²) in [5.74, 6) is 0.340. The van der Waals surface area contributed by atoms with Gasteiger partial charge in [-0.1, -0.05) is 39.1 Å². The normalized spacial score (nSPS) is 10.5. The van der Waals surface area contributed by atoms with Gasteiger partial charge < -0.3 is 4.74 Å². The summed E-state index contributed by atoms with van der Waals surface area (Å²) in [5.41, 5.74) is 0.864. The van der Waals surface area contributed by atoms with Gasteiger partial charge in [0.25, 0.3) is 0 Å². The third-order valence-corrected chi connectivity index (χ3v) is 4.37. The maximum atomic E-state index is 12.5. The molecule has 0 bridgehead atoms. The lowest BCUT2D eigenvalue weighted by Gasteiger charge is -2.09. The Labute approximate surface area is 133 Å². The number of carbonyl (C=O) groups excluding carboxylic acids is 1. The van der Waals surface area contributed by atoms with Crippen LogP contribution in [0.3, 0.4) is 0 Å². The Morgan fingerprint density at radius 1 is 1.32 bits per heavy atom. The minimum atomic E-state index is -0.196. The molecule has 1 aromatic carbocycles. The van der Waals surface area contributed by atoms with E-state index in [4.69, 9.17) is 27.9 Å². The number of ketones is 1. The molecule has 0 saturated carbocycles. The average molecular weight is 380 g/mol. The van der Waals surface area contributed by atoms with E-state index in [1.165, 1.54) is 11.3 Å². The fraction of sp³-hybridized carbons (Fsp3) is 0.154. The number of halogens is 3. The predicted octanol–water partition coefficient (Wildman–Crippen LogP) is 5.45. The maximum Gasteiger partial charge on any atom is 0.199 e. The number of carbonyl (C=O) groups is 1. The summed E-state index contributed by atoms with van der Waals surface area (Å²) < 4.78 is 7.14. The Balaban J connectivity index is 2.48. The molecule has 0 fully saturated rings. The van der Waals surface area contributed by atoms with Crippen LogP contribution in [-0.4, -0.2) is 12.4 Å². The van der Waals surface area contributed by atoms with Gasteiger partial charge in [0, 0.05) is 4.47 Å². The molecule has 2 aromatic rings. The third-order valence-electron chi connectivity index (χ3n) is 2.39. The Bertz CT molecular complexity index is 625. The molecule has 6 heteroatoms. The molecule has 0 radical (unpaired) electrons. The molecular weight excluding hydrogens is 371 g/mol. The molecule has 0 aliphatic rings. The van der Waals surface area contributed by atoms with Gasteiger partial charge >= 0.3 is 0 Å². The lowest BCUT2D eigenvalue weighted by molar-refractivity contribution is 0.103. The molecule has 0 aliphatic carbocycles. The quantitative estimate of drug-likeness (QED) is 0.660. The van der Waals surface area contributed by atoms with Crippen molar-refractivity contribution in [2.24, 2.45) is 0 Å². The van der Waals surface area contributed by atoms with Crippen molar-refractivity contribution >= 4 is 56.3 Å². The second-order valence-corrected chi connectivity index (χ2v) is 6.84. The minimum Gasteiger partial charge on any atom is -0.493 e. The topological polar surface area (TPSA) is 26.3 Å². The first-order chi connectivity index (χ1) is 9.02. The van der Waals surface area contributed by atoms with E-state index in [1.54, 1.807) is 18.2 Å². The van der Waals surface area contributed by atoms with Crippen LogP contribution in [0, 0.1) is 0 Å². The molecule has 0 atom stereocenters. The van der Waals surface area contributed by atoms with Crippen LogP contribution < -0.4 is 4.74 Å². The molecule has 2 rings (SSSR count). The molecule has 0 aliphatic heterocycles. The van der Waals surface area contributed by atoms with E-state index in [-0.39, 0.29) is 5.78 Å². The standard InChI is InChI=1S/C13H9BrCl2O2S/c1-2-18-10-4-3-7(14)5-8(10)12(17)9-6-11(15)19-13(9)16/h3-6H,2H2,1H3. The number of benzene rings is 1. The van der Waals surface area contributed by atoms with E-state index in [2.05, 4.69) is 15.9 Å². The molecule has 0 amide bonds. The number of rotatable bonds is 4. The molecule has 19 heavy (non-hydrogen) atoms. The fourth-order valence-electron chi connectivity index (χ4n) is 1.60. The van der Waals surface area contributed by atoms with Gasteiger partial charge in [0.15, 0.2) is 5.78 Å². The van der Waals surface area contributed by atoms with Crippen molar-refractivity contribution in [1.29, 1.82) is 0 Å². The Morgan fingerprint density at radius 2 is 2.05 bits per heavy atom. The maximum absolute atomic E-state index is 12.5. The van der Waals surface area contributed by atoms with Crippen LogP contribution in [0.15, 0.2) is 28.7 Å². The van der Waals surface area contributed by atoms with Crippen molar-refractivity contribution in [2.45, 2.75) is 6.92 Å². The van der Waals surface area contributed by atoms with Crippen molar-refractivity contribution in [1.82, 2.24) is 0 Å². The van der Waals surface area contributed by atoms with E-state index in [0.717, 1.165) is 4.47 Å². The molecule has 100 valence electrons. The highest BCUT2D eigenvalue weighted by Gasteiger charge is 2.20. The molecule has 0 unspecified atom stereocenters. The zero-order valence-electron chi connectivity index (χ0n) is 9.88. The monoisotopic (exact) mass is 378 g/mol. The number of hydrogen-bond acceptors (Lipinski definition) is 3. The highest BCUT2D eigenvalue weighted by Crippen LogP contribution is 2.34. The van der Waals surface area contributed by atoms with Crippen LogP contribution in [0.25, 0.3) is 0 Å². The molecule has 0 spiro atoms. The average Bonchev–Trinajstić information content (AvgIpc) is 2.70. The highest BCUT2D eigenvalue weighted by atomic mass is 79.9. The van der Waals surface area contributed by atoms with E-state index in [9.17, 15) is 4.79 Å². The summed E-state index contributed by atoms with van der Waals surface area (Å²) in [5, 5.41) is 0. The number of ether oxygens (including phenoxy) is 1. The zero-order valence-corrected chi connectivity index (χ0v) is 13.8. The van der Waals surface area contributed by atoms with Crippen LogP contribution in [0.5, 0.6) is 5.75 Å². The molecule has 1 heterocycles. The van der Waals surface area contributed by atoms with Gasteiger partial charge in [-0.05, 0) is 31.2 Å². The van der Waals surface area contributed by atoms with Gasteiger partial charge in [0.1, 0.15) is 10.1 Å². The number of hydrogen-bond donors (Lipinski definition) is 0. The molecular formula is C13H9BrCl2O2S. The van der Waals surface area contributed by atoms with Crippen LogP contribution >= 0.6 is 50.5 Å². The van der Waals surface area contributed by atoms with E-state index >= 15 is 0 Å². The summed E-state index contributed by atoms with van der Waals surface area (Å²) in [4.78, 5) is 12.5. The SMILES string of the molecule is CCOc1ccc(Br)cc1C(=O)c1cc(Cl)sc1Cl. The third kappa shape index (κ3) is 3.31. The summed E-state index contributed by atoms with van der Waals surface area (Å²) in [7, 11) is 0. The Kier molecular flexibility index (Phi) is 4.90. The van der Waals surface area contributed by atoms with Crippen LogP contribution in [-0.2, 0) is 0 Å². The molecule has 0 saturated heterocycles. The summed E-state index contributed by atoms with van der Waals surface area (Å²) >= 11 is 16.4. The number of thiophene rings is 1. The van der Waals surface area contributed by atoms with Gasteiger partial charge in [-0.15, -0.1) is 11.3 Å². The van der Waals surface area contributed by atoms with Crippen molar-refractivity contribution in [3.63, 3.8) is 0 Å². The van der Waals surface area contributed by atoms with Crippen LogP contribution in [0.4, 0.5) is 0 Å². The van der Waals surface area contributed by atoms with Crippen molar-refractivity contribution in [3.8, 4) is 5.75 Å². The van der Waals surface area contributed by atoms with Gasteiger partial charge in [0.05, 0.1) is 22.1 Å². The van der Waals surface area contributed by atoms with Crippen LogP contribution in [0.2, 0.25) is 8.67 Å². The van der Waals surface area contributed by atoms with Gasteiger partial charge in [-0.25, -0.2) is 0 Å². The summed E-state index contributed by atoms with van der Waals surface area (Å²) in [6.45, 7) is 2.35. The smallest absolute Gasteiger partial charge is 0.199 e. The van der Waals surface area contributed by atoms with Gasteiger partial charge in [0.2, 0.25) is 0 Å². The van der Waals surface area contributed by atoms with E-state index in [1.807, 2.05) is 13.0 Å². The fourth-order valence-corrected chi connectivity index (χ4v) is 3.42. The Hall–Kier alpha value is -0.550. The lowest BCUT2D eigenvalue weighted by Crippen LogP contribution is -2.05. The van der Waals surface area contributed by atoms with Crippen molar-refractivity contribution < 1.29 is 9.53 Å². The van der Waals surface area contributed by atoms with Crippen molar-refractivity contribution in [3.05, 3.63) is 48.5 Å². The zero-order chi connectivity index (χ0) is 14.0. The molecule has 0 N–H and O–H groups in total. The minimum absolute atomic E-state index is 0.196. The first-order valence-corrected chi connectivity index (χ1v) is 7.81. The van der Waals surface area contributed by atoms with E-state index < -0.39 is 0 Å². The van der Waals surface area contributed by atoms with Crippen molar-refractivity contribution in [2.75, 3.05) is 6.61 Å². The van der Waals surface area contributed by atoms with Gasteiger partial charge in [-0.2, -0.15) is 0 Å². The predicted molar refractivity (Wildman–Crippen MR) is 83.1 cm³/mol. The largest absolute Gasteiger partial charge is 0.493 e. The summed E-state index contributed by atoms with van der Waals surface area (Å²) in [6, 6.07) is 6.87. The molecule has 1 aromatic heterocycles. The molecule has 2 nitrogen and oxygen atoms in total. The van der Waals surface area contributed by atoms with E-state index in [0.29, 0.717) is 32.2 Å². The highest BCUT2D eigenvalue weighted by molar-refractivity contribution is 9.10. The second-order valence-electron chi connectivity index (χ2n) is 3.64. The first kappa shape index (κ1) is 14.9. The second kappa shape index (κ2) is 6.27. The lowest BCUT2D eigenvalue weighted by atomic mass is 10.1. The van der Waals surface area contributed by atoms with Crippen LogP contribution in [0.1, 0.15) is 22.8 Å². The summed E-state index contributed by atoms with van der Waals surface area (Å²) in [6.07, 6.45) is 0. The Morgan fingerprint density at radius 3 is 2.63 bits per heavy atom. The first-order valence-electron chi connectivity index (χ1n) is 5.44. The van der Waals surface area contributed by atoms with Gasteiger partial charge in [-0.3, -0.25) is 4.79 Å².